The number of hydrogen-bond donors (Lipinski definition) is 1. The normalized spacial score (nSPS) is 10.4. The van der Waals surface area contributed by atoms with Crippen LogP contribution in [0.4, 0.5) is 0 Å². The topological polar surface area (TPSA) is 72.9 Å². The quantitative estimate of drug-likeness (QED) is 0.677. The van der Waals surface area contributed by atoms with Gasteiger partial charge >= 0.3 is 0 Å². The molecule has 0 radical (unpaired) electrons. The second-order valence-electron chi connectivity index (χ2n) is 2.62. The van der Waals surface area contributed by atoms with Gasteiger partial charge in [-0.3, -0.25) is 4.79 Å². The van der Waals surface area contributed by atoms with Crippen molar-refractivity contribution in [2.75, 3.05) is 0 Å². The predicted octanol–water partition coefficient (Wildman–Crippen LogP) is -0.304. The minimum absolute atomic E-state index is 0.194. The highest BCUT2D eigenvalue weighted by Gasteiger charge is 2.09. The minimum atomic E-state index is -0.194. The van der Waals surface area contributed by atoms with Gasteiger partial charge in [-0.2, -0.15) is 9.89 Å². The summed E-state index contributed by atoms with van der Waals surface area (Å²) in [6.07, 6.45) is 5.29. The zero-order valence-corrected chi connectivity index (χ0v) is 7.24. The standard InChI is InChI=1S/C8H8N4O2/c13-5-7-4-9-8(6-14)12(7)11-3-1-2-10-11/h1-4,6,13H,5H2. The number of aliphatic hydroxyl groups excluding tert-OH is 1. The van der Waals surface area contributed by atoms with Gasteiger partial charge in [-0.05, 0) is 6.07 Å². The summed E-state index contributed by atoms with van der Waals surface area (Å²) in [7, 11) is 0. The van der Waals surface area contributed by atoms with E-state index in [0.29, 0.717) is 12.0 Å². The van der Waals surface area contributed by atoms with Crippen LogP contribution in [-0.2, 0) is 6.61 Å². The largest absolute Gasteiger partial charge is 0.390 e. The lowest BCUT2D eigenvalue weighted by Crippen LogP contribution is -2.16. The number of rotatable bonds is 3. The Bertz CT molecular complexity index is 432. The van der Waals surface area contributed by atoms with E-state index < -0.39 is 0 Å². The summed E-state index contributed by atoms with van der Waals surface area (Å²) in [4.78, 5) is 15.9. The summed E-state index contributed by atoms with van der Waals surface area (Å²) in [5, 5.41) is 13.0. The van der Waals surface area contributed by atoms with Crippen molar-refractivity contribution in [3.63, 3.8) is 0 Å². The van der Waals surface area contributed by atoms with Crippen molar-refractivity contribution in [1.29, 1.82) is 0 Å². The molecule has 0 saturated heterocycles. The number of imidazole rings is 1. The van der Waals surface area contributed by atoms with Gasteiger partial charge in [-0.15, -0.1) is 0 Å². The molecule has 0 aliphatic rings. The number of carbonyl (C=O) groups is 1. The van der Waals surface area contributed by atoms with Gasteiger partial charge in [0.25, 0.3) is 0 Å². The highest BCUT2D eigenvalue weighted by molar-refractivity contribution is 5.69. The number of aromatic nitrogens is 4. The molecule has 0 aliphatic heterocycles. The summed E-state index contributed by atoms with van der Waals surface area (Å²) in [5.41, 5.74) is 0.510. The number of hydrogen-bond acceptors (Lipinski definition) is 4. The number of nitrogens with zero attached hydrogens (tertiary/aromatic N) is 4. The molecule has 0 spiro atoms. The molecule has 6 nitrogen and oxygen atoms in total. The Morgan fingerprint density at radius 3 is 3.00 bits per heavy atom. The Morgan fingerprint density at radius 1 is 1.57 bits per heavy atom. The molecule has 0 fully saturated rings. The average molecular weight is 192 g/mol. The molecule has 2 aromatic heterocycles. The van der Waals surface area contributed by atoms with Gasteiger partial charge in [0.2, 0.25) is 0 Å². The van der Waals surface area contributed by atoms with Crippen molar-refractivity contribution < 1.29 is 9.90 Å². The van der Waals surface area contributed by atoms with Gasteiger partial charge in [-0.25, -0.2) is 9.66 Å². The van der Waals surface area contributed by atoms with Gasteiger partial charge in [0.15, 0.2) is 12.1 Å². The zero-order valence-electron chi connectivity index (χ0n) is 7.24. The molecule has 72 valence electrons. The van der Waals surface area contributed by atoms with E-state index in [2.05, 4.69) is 10.1 Å². The van der Waals surface area contributed by atoms with Crippen LogP contribution in [0.3, 0.4) is 0 Å². The van der Waals surface area contributed by atoms with Crippen LogP contribution in [0.15, 0.2) is 24.7 Å². The van der Waals surface area contributed by atoms with Crippen LogP contribution in [0.1, 0.15) is 16.3 Å². The first-order valence-electron chi connectivity index (χ1n) is 3.99. The van der Waals surface area contributed by atoms with Crippen molar-refractivity contribution >= 4 is 6.29 Å². The third-order valence-electron chi connectivity index (χ3n) is 1.80. The summed E-state index contributed by atoms with van der Waals surface area (Å²) in [6.45, 7) is -0.194. The third kappa shape index (κ3) is 1.21. The van der Waals surface area contributed by atoms with Crippen LogP contribution in [0.25, 0.3) is 0 Å². The van der Waals surface area contributed by atoms with Crippen LogP contribution in [-0.4, -0.2) is 30.9 Å². The smallest absolute Gasteiger partial charge is 0.194 e. The van der Waals surface area contributed by atoms with E-state index in [1.807, 2.05) is 0 Å². The molecule has 6 heteroatoms. The van der Waals surface area contributed by atoms with E-state index >= 15 is 0 Å². The molecule has 0 saturated carbocycles. The highest BCUT2D eigenvalue weighted by Crippen LogP contribution is 2.03. The summed E-state index contributed by atoms with van der Waals surface area (Å²) < 4.78 is 1.44. The average Bonchev–Trinajstić information content (AvgIpc) is 2.85. The molecule has 0 aliphatic carbocycles. The van der Waals surface area contributed by atoms with Crippen molar-refractivity contribution in [3.8, 4) is 0 Å². The fourth-order valence-corrected chi connectivity index (χ4v) is 1.20. The van der Waals surface area contributed by atoms with Gasteiger partial charge in [0.1, 0.15) is 0 Å². The maximum Gasteiger partial charge on any atom is 0.194 e. The number of carbonyl (C=O) groups excluding carboxylic acids is 1. The summed E-state index contributed by atoms with van der Waals surface area (Å²) in [6, 6.07) is 1.72. The second-order valence-corrected chi connectivity index (χ2v) is 2.62. The van der Waals surface area contributed by atoms with Crippen LogP contribution in [0.2, 0.25) is 0 Å². The fraction of sp³-hybridized carbons (Fsp3) is 0.125. The van der Waals surface area contributed by atoms with Gasteiger partial charge < -0.3 is 5.11 Å². The van der Waals surface area contributed by atoms with Crippen molar-refractivity contribution in [2.24, 2.45) is 0 Å². The lowest BCUT2D eigenvalue weighted by Gasteiger charge is -2.06. The van der Waals surface area contributed by atoms with E-state index in [1.165, 1.54) is 15.7 Å². The number of aliphatic hydroxyl groups is 1. The number of aldehydes is 1. The molecule has 0 unspecified atom stereocenters. The molecule has 2 aromatic rings. The van der Waals surface area contributed by atoms with Gasteiger partial charge in [0.05, 0.1) is 24.7 Å². The van der Waals surface area contributed by atoms with Crippen molar-refractivity contribution in [1.82, 2.24) is 19.5 Å². The fourth-order valence-electron chi connectivity index (χ4n) is 1.20. The molecule has 14 heavy (non-hydrogen) atoms. The SMILES string of the molecule is O=Cc1ncc(CO)n1-n1cccn1. The van der Waals surface area contributed by atoms with Crippen molar-refractivity contribution in [3.05, 3.63) is 36.2 Å². The minimum Gasteiger partial charge on any atom is -0.390 e. The van der Waals surface area contributed by atoms with Crippen LogP contribution in [0, 0.1) is 0 Å². The van der Waals surface area contributed by atoms with E-state index in [-0.39, 0.29) is 12.4 Å². The molecule has 2 rings (SSSR count). The molecule has 0 amide bonds. The molecule has 0 aromatic carbocycles. The van der Waals surface area contributed by atoms with Gasteiger partial charge in [0, 0.05) is 6.20 Å². The van der Waals surface area contributed by atoms with Crippen LogP contribution < -0.4 is 0 Å². The Hall–Kier alpha value is -1.95. The van der Waals surface area contributed by atoms with E-state index in [1.54, 1.807) is 18.5 Å². The first-order valence-corrected chi connectivity index (χ1v) is 3.99. The Kier molecular flexibility index (Phi) is 2.11. The highest BCUT2D eigenvalue weighted by atomic mass is 16.3. The van der Waals surface area contributed by atoms with Gasteiger partial charge in [-0.1, -0.05) is 0 Å². The molecule has 2 heterocycles. The van der Waals surface area contributed by atoms with Crippen molar-refractivity contribution in [2.45, 2.75) is 6.61 Å². The molecular formula is C8H8N4O2. The Balaban J connectivity index is 2.59. The summed E-state index contributed by atoms with van der Waals surface area (Å²) in [5.74, 6) is 0.206. The lowest BCUT2D eigenvalue weighted by atomic mass is 10.5. The molecule has 0 bridgehead atoms. The molecule has 0 atom stereocenters. The Morgan fingerprint density at radius 2 is 2.43 bits per heavy atom. The van der Waals surface area contributed by atoms with E-state index in [4.69, 9.17) is 5.11 Å². The maximum absolute atomic E-state index is 10.6. The van der Waals surface area contributed by atoms with Crippen LogP contribution >= 0.6 is 0 Å². The molecular weight excluding hydrogens is 184 g/mol. The summed E-state index contributed by atoms with van der Waals surface area (Å²) >= 11 is 0. The monoisotopic (exact) mass is 192 g/mol. The molecule has 1 N–H and O–H groups in total. The maximum atomic E-state index is 10.6. The van der Waals surface area contributed by atoms with Crippen LogP contribution in [0.5, 0.6) is 0 Å². The predicted molar refractivity (Wildman–Crippen MR) is 46.6 cm³/mol. The van der Waals surface area contributed by atoms with E-state index in [0.717, 1.165) is 0 Å². The van der Waals surface area contributed by atoms with E-state index in [9.17, 15) is 4.79 Å². The Labute approximate surface area is 79.4 Å². The lowest BCUT2D eigenvalue weighted by molar-refractivity contribution is 0.110. The first kappa shape index (κ1) is 8.64. The second kappa shape index (κ2) is 3.43. The first-order chi connectivity index (χ1) is 6.86. The zero-order chi connectivity index (χ0) is 9.97. The third-order valence-corrected chi connectivity index (χ3v) is 1.80.